The summed E-state index contributed by atoms with van der Waals surface area (Å²) in [6.45, 7) is 13.0. The molecule has 2 heterocycles. The molecular formula is C47H55F11I2N2O8+2. The summed E-state index contributed by atoms with van der Waals surface area (Å²) in [5.74, 6) is -3.43. The van der Waals surface area contributed by atoms with E-state index in [-0.39, 0.29) is 18.6 Å². The first-order chi connectivity index (χ1) is 32.1. The Morgan fingerprint density at radius 1 is 0.686 bits per heavy atom. The van der Waals surface area contributed by atoms with Gasteiger partial charge < -0.3 is 5.11 Å². The van der Waals surface area contributed by atoms with Crippen LogP contribution in [-0.2, 0) is 36.6 Å². The number of hydrogen-bond acceptors (Lipinski definition) is 6. The van der Waals surface area contributed by atoms with Crippen molar-refractivity contribution in [1.82, 2.24) is 4.90 Å². The first kappa shape index (κ1) is 58.4. The number of benzene rings is 4. The maximum absolute atomic E-state index is 15.1. The number of hydrogen-bond donors (Lipinski definition) is 2. The smallest absolute Gasteiger partial charge is 0.475 e. The van der Waals surface area contributed by atoms with Crippen LogP contribution in [0.25, 0.3) is 0 Å². The Bertz CT molecular complexity index is 2400. The molecule has 0 saturated carbocycles. The van der Waals surface area contributed by atoms with E-state index < -0.39 is 95.6 Å². The van der Waals surface area contributed by atoms with Gasteiger partial charge in [0, 0.05) is 0 Å². The van der Waals surface area contributed by atoms with Crippen LogP contribution in [0.4, 0.5) is 53.1 Å². The molecule has 0 radical (unpaired) electrons. The Kier molecular flexibility index (Phi) is 18.6. The molecule has 1 amide bonds. The fourth-order valence-corrected chi connectivity index (χ4v) is 16.8. The zero-order valence-corrected chi connectivity index (χ0v) is 43.7. The Labute approximate surface area is 413 Å². The molecule has 0 unspecified atom stereocenters. The van der Waals surface area contributed by atoms with Gasteiger partial charge in [-0.25, -0.2) is 4.79 Å². The van der Waals surface area contributed by atoms with Crippen molar-refractivity contribution in [3.05, 3.63) is 126 Å². The minimum Gasteiger partial charge on any atom is -0.475 e. The van der Waals surface area contributed by atoms with Crippen LogP contribution in [0, 0.1) is 7.14 Å². The number of nitrogens with two attached hydrogens (primary N) is 1. The van der Waals surface area contributed by atoms with Gasteiger partial charge in [-0.15, -0.1) is 0 Å². The number of halogens is 13. The van der Waals surface area contributed by atoms with Gasteiger partial charge in [-0.2, -0.15) is 13.2 Å². The second-order valence-electron chi connectivity index (χ2n) is 17.6. The van der Waals surface area contributed by atoms with Gasteiger partial charge in [-0.05, 0) is 20.8 Å². The van der Waals surface area contributed by atoms with Crippen molar-refractivity contribution in [2.75, 3.05) is 27.2 Å². The Hall–Kier alpha value is -4.21. The molecule has 10 nitrogen and oxygen atoms in total. The van der Waals surface area contributed by atoms with Crippen molar-refractivity contribution >= 4 is 52.5 Å². The van der Waals surface area contributed by atoms with Gasteiger partial charge in [0.15, 0.2) is 0 Å². The molecule has 0 spiro atoms. The third-order valence-corrected chi connectivity index (χ3v) is 20.9. The minimum atomic E-state index is -5.08. The van der Waals surface area contributed by atoms with Crippen LogP contribution in [0.15, 0.2) is 97.1 Å². The van der Waals surface area contributed by atoms with Gasteiger partial charge in [-0.3, -0.25) is 0 Å². The fourth-order valence-electron chi connectivity index (χ4n) is 6.25. The van der Waals surface area contributed by atoms with E-state index in [1.807, 2.05) is 12.4 Å². The van der Waals surface area contributed by atoms with Crippen LogP contribution in [-0.4, -0.2) is 84.2 Å². The van der Waals surface area contributed by atoms with Crippen molar-refractivity contribution in [1.29, 1.82) is 0 Å². The predicted octanol–water partition coefficient (Wildman–Crippen LogP) is 11.9. The Morgan fingerprint density at radius 3 is 1.60 bits per heavy atom. The second kappa shape index (κ2) is 22.3. The van der Waals surface area contributed by atoms with Crippen molar-refractivity contribution in [2.45, 2.75) is 104 Å². The average Bonchev–Trinajstić information content (AvgIpc) is 3.71. The number of rotatable bonds is 14. The van der Waals surface area contributed by atoms with E-state index >= 15 is 8.78 Å². The summed E-state index contributed by atoms with van der Waals surface area (Å²) in [7, 11) is 3.51. The summed E-state index contributed by atoms with van der Waals surface area (Å²) in [5.41, 5.74) is 0.135. The number of aliphatic hydroxyl groups is 1. The number of ether oxygens (including phenoxy) is 3. The van der Waals surface area contributed by atoms with Crippen molar-refractivity contribution in [2.24, 2.45) is 0 Å². The molecule has 0 bridgehead atoms. The summed E-state index contributed by atoms with van der Waals surface area (Å²) in [5, 5.41) is 9.12. The van der Waals surface area contributed by atoms with Crippen molar-refractivity contribution in [3.63, 3.8) is 0 Å². The Morgan fingerprint density at radius 2 is 1.13 bits per heavy atom. The second-order valence-corrected chi connectivity index (χ2v) is 26.5. The number of nitrogens with zero attached hydrogens (tertiary/aromatic N) is 1. The zero-order valence-electron chi connectivity index (χ0n) is 39.3. The van der Waals surface area contributed by atoms with E-state index in [2.05, 4.69) is 12.5 Å². The molecule has 0 aliphatic carbocycles. The number of alkyl halides is 13. The van der Waals surface area contributed by atoms with E-state index in [0.717, 1.165) is 18.5 Å². The summed E-state index contributed by atoms with van der Waals surface area (Å²) < 4.78 is 166. The Balaban J connectivity index is 0.000000273. The van der Waals surface area contributed by atoms with Gasteiger partial charge in [0.25, 0.3) is 0 Å². The monoisotopic (exact) mass is 1240 g/mol. The fraction of sp³-hybridized carbons (Fsp3) is 0.447. The molecule has 2 aliphatic heterocycles. The van der Waals surface area contributed by atoms with Crippen LogP contribution in [0.3, 0.4) is 0 Å². The van der Waals surface area contributed by atoms with Gasteiger partial charge in [0.1, 0.15) is 5.60 Å². The van der Waals surface area contributed by atoms with Crippen LogP contribution < -0.4 is 14.8 Å². The summed E-state index contributed by atoms with van der Waals surface area (Å²) in [4.78, 5) is 22.3. The number of aliphatic carboxylic acids is 1. The van der Waals surface area contributed by atoms with E-state index in [4.69, 9.17) is 17.7 Å². The minimum absolute atomic E-state index is 0.166. The molecule has 70 heavy (non-hydrogen) atoms. The number of quaternary nitrogens is 1. The third kappa shape index (κ3) is 14.5. The normalized spacial score (nSPS) is 16.4. The molecule has 23 heteroatoms. The number of carboxylic acids is 1. The van der Waals surface area contributed by atoms with Crippen LogP contribution in [0.2, 0.25) is 0 Å². The van der Waals surface area contributed by atoms with Gasteiger partial charge in [-0.1, -0.05) is 0 Å². The van der Waals surface area contributed by atoms with Gasteiger partial charge in [0.05, 0.1) is 0 Å². The standard InChI is InChI=1S/C25H30F4INO4.C20H22F4INO2.C2HF3O2/c1-22(2,3)34-21(32)31(6)16-15-17-11-13-18(14-12-17)33-25(28,29)24(26,27)30-20-10-8-7-9-19(20)23(4,5)35-30;1-18(2)16-6-4-5-7-17(16)25(28-18)19(21,22)20(23,24)27-15-10-8-14(9-11-15)12-13-26-3;3-2(4,5)1(6)7/h7-14H,15-16H2,1-6H3;4-11,26H,12-13H2,1-3H3;(H,6,7)/p+2. The number of carbonyl (C=O) groups excluding carboxylic acids is 1. The van der Waals surface area contributed by atoms with Crippen molar-refractivity contribution in [3.8, 4) is 11.5 Å². The molecule has 4 aromatic rings. The van der Waals surface area contributed by atoms with E-state index in [0.29, 0.717) is 29.7 Å². The average molecular weight is 1240 g/mol. The molecule has 0 fully saturated rings. The summed E-state index contributed by atoms with van der Waals surface area (Å²) in [6.07, 6.45) is -13.8. The molecule has 2 aliphatic rings. The summed E-state index contributed by atoms with van der Waals surface area (Å²) >= 11 is -8.03. The molecular weight excluding hydrogens is 1180 g/mol. The van der Waals surface area contributed by atoms with E-state index in [1.165, 1.54) is 53.4 Å². The third-order valence-electron chi connectivity index (χ3n) is 9.84. The SMILES string of the molecule is CN(CCc1ccc(OC(F)(F)C(F)(F)I2OC(C)(C)c3ccccc32)cc1)C(=O)OC(C)(C)C.C[NH2+]CCc1ccc(OC(F)(F)C(F)(F)I2[OH+]C(C)(C)c3ccccc32)cc1.O=C(O)C(F)(F)F. The molecule has 4 aromatic carbocycles. The predicted molar refractivity (Wildman–Crippen MR) is 254 cm³/mol. The van der Waals surface area contributed by atoms with Crippen molar-refractivity contribution < 1.29 is 88.7 Å². The number of amides is 1. The maximum Gasteiger partial charge on any atom is 0.490 e. The van der Waals surface area contributed by atoms with Crippen LogP contribution in [0.1, 0.15) is 70.7 Å². The van der Waals surface area contributed by atoms with Crippen LogP contribution in [0.5, 0.6) is 11.5 Å². The van der Waals surface area contributed by atoms with Crippen LogP contribution >= 0.6 is 40.5 Å². The molecule has 0 aromatic heterocycles. The van der Waals surface area contributed by atoms with Gasteiger partial charge >= 0.3 is 366 Å². The molecule has 0 atom stereocenters. The van der Waals surface area contributed by atoms with E-state index in [9.17, 15) is 44.3 Å². The number of likely N-dealkylation sites (N-methyl/N-ethyl adjacent to an activating group) is 2. The molecule has 0 saturated heterocycles. The summed E-state index contributed by atoms with van der Waals surface area (Å²) in [6, 6.07) is 24.0. The molecule has 390 valence electrons. The zero-order chi connectivity index (χ0) is 52.9. The first-order valence-corrected chi connectivity index (χ1v) is 27.3. The number of carboxylic acid groups (broad SMARTS) is 1. The number of fused-ring (bicyclic) bond motifs is 2. The molecule has 6 rings (SSSR count). The topological polar surface area (TPSA) is 124 Å². The van der Waals surface area contributed by atoms with Gasteiger partial charge in [0.2, 0.25) is 0 Å². The quantitative estimate of drug-likeness (QED) is 0.0558. The number of carbonyl (C=O) groups is 2. The largest absolute Gasteiger partial charge is 0.490 e. The maximum atomic E-state index is 15.1. The molecule has 4 N–H and O–H groups in total. The first-order valence-electron chi connectivity index (χ1n) is 21.2. The van der Waals surface area contributed by atoms with E-state index in [1.54, 1.807) is 104 Å².